The van der Waals surface area contributed by atoms with Crippen molar-refractivity contribution in [1.82, 2.24) is 5.32 Å². The normalized spacial score (nSPS) is 17.9. The molecule has 2 heteroatoms. The molecule has 1 aromatic rings. The quantitative estimate of drug-likeness (QED) is 0.837. The van der Waals surface area contributed by atoms with Crippen molar-refractivity contribution < 1.29 is 4.74 Å². The zero-order chi connectivity index (χ0) is 13.7. The summed E-state index contributed by atoms with van der Waals surface area (Å²) >= 11 is 0. The minimum absolute atomic E-state index is 0.451. The second-order valence-corrected chi connectivity index (χ2v) is 6.09. The zero-order valence-electron chi connectivity index (χ0n) is 12.5. The summed E-state index contributed by atoms with van der Waals surface area (Å²) in [6, 6.07) is 9.69. The van der Waals surface area contributed by atoms with Gasteiger partial charge in [0.2, 0.25) is 0 Å². The summed E-state index contributed by atoms with van der Waals surface area (Å²) in [6.45, 7) is 6.62. The van der Waals surface area contributed by atoms with Crippen LogP contribution in [0.2, 0.25) is 0 Å². The summed E-state index contributed by atoms with van der Waals surface area (Å²) in [6.07, 6.45) is 6.60. The van der Waals surface area contributed by atoms with Gasteiger partial charge in [0.05, 0.1) is 6.10 Å². The molecule has 0 saturated heterocycles. The van der Waals surface area contributed by atoms with Gasteiger partial charge in [-0.05, 0) is 56.7 Å². The van der Waals surface area contributed by atoms with E-state index < -0.39 is 0 Å². The molecule has 2 rings (SSSR count). The van der Waals surface area contributed by atoms with E-state index in [4.69, 9.17) is 4.74 Å². The van der Waals surface area contributed by atoms with Crippen LogP contribution in [0.3, 0.4) is 0 Å². The monoisotopic (exact) mass is 261 g/mol. The summed E-state index contributed by atoms with van der Waals surface area (Å²) in [5.74, 6) is 1.03. The third-order valence-electron chi connectivity index (χ3n) is 3.69. The van der Waals surface area contributed by atoms with E-state index in [1.54, 1.807) is 0 Å². The first-order chi connectivity index (χ1) is 9.13. The second kappa shape index (κ2) is 6.95. The molecule has 0 aliphatic heterocycles. The van der Waals surface area contributed by atoms with Crippen molar-refractivity contribution >= 4 is 0 Å². The molecule has 1 fully saturated rings. The summed E-state index contributed by atoms with van der Waals surface area (Å²) in [4.78, 5) is 0. The Labute approximate surface area is 117 Å². The lowest BCUT2D eigenvalue weighted by Gasteiger charge is -2.17. The van der Waals surface area contributed by atoms with Crippen molar-refractivity contribution in [1.29, 1.82) is 0 Å². The van der Waals surface area contributed by atoms with Crippen molar-refractivity contribution in [3.63, 3.8) is 0 Å². The standard InChI is InChI=1S/C17H27NO/c1-13(2)18-14(3)12-15-8-10-17(11-9-15)19-16-6-4-5-7-16/h8-11,13-14,16,18H,4-7,12H2,1-3H3. The predicted molar refractivity (Wildman–Crippen MR) is 80.8 cm³/mol. The Kier molecular flexibility index (Phi) is 5.26. The highest BCUT2D eigenvalue weighted by Crippen LogP contribution is 2.24. The molecular weight excluding hydrogens is 234 g/mol. The number of rotatable bonds is 6. The van der Waals surface area contributed by atoms with Gasteiger partial charge < -0.3 is 10.1 Å². The van der Waals surface area contributed by atoms with Crippen molar-refractivity contribution in [3.05, 3.63) is 29.8 Å². The SMILES string of the molecule is CC(C)NC(C)Cc1ccc(OC2CCCC2)cc1. The second-order valence-electron chi connectivity index (χ2n) is 6.09. The van der Waals surface area contributed by atoms with Crippen LogP contribution in [0.25, 0.3) is 0 Å². The molecule has 0 bridgehead atoms. The van der Waals surface area contributed by atoms with Crippen LogP contribution in [0.15, 0.2) is 24.3 Å². The molecule has 0 aromatic heterocycles. The van der Waals surface area contributed by atoms with Crippen molar-refractivity contribution in [2.75, 3.05) is 0 Å². The van der Waals surface area contributed by atoms with Gasteiger partial charge in [-0.3, -0.25) is 0 Å². The Hall–Kier alpha value is -1.02. The summed E-state index contributed by atoms with van der Waals surface area (Å²) in [7, 11) is 0. The number of nitrogens with one attached hydrogen (secondary N) is 1. The molecule has 2 nitrogen and oxygen atoms in total. The minimum atomic E-state index is 0.451. The first-order valence-corrected chi connectivity index (χ1v) is 7.65. The molecule has 1 aliphatic carbocycles. The summed E-state index contributed by atoms with van der Waals surface area (Å²) < 4.78 is 5.98. The molecule has 0 amide bonds. The van der Waals surface area contributed by atoms with E-state index in [0.29, 0.717) is 18.2 Å². The van der Waals surface area contributed by atoms with E-state index in [2.05, 4.69) is 50.4 Å². The van der Waals surface area contributed by atoms with Crippen molar-refractivity contribution in [2.24, 2.45) is 0 Å². The molecule has 1 atom stereocenters. The van der Waals surface area contributed by atoms with Crippen LogP contribution in [-0.2, 0) is 6.42 Å². The maximum Gasteiger partial charge on any atom is 0.119 e. The summed E-state index contributed by atoms with van der Waals surface area (Å²) in [5, 5.41) is 3.53. The van der Waals surface area contributed by atoms with E-state index in [-0.39, 0.29) is 0 Å². The van der Waals surface area contributed by atoms with Crippen LogP contribution >= 0.6 is 0 Å². The van der Waals surface area contributed by atoms with Crippen molar-refractivity contribution in [3.8, 4) is 5.75 Å². The predicted octanol–water partition coefficient (Wildman–Crippen LogP) is 3.94. The van der Waals surface area contributed by atoms with E-state index in [9.17, 15) is 0 Å². The van der Waals surface area contributed by atoms with Crippen LogP contribution in [-0.4, -0.2) is 18.2 Å². The van der Waals surface area contributed by atoms with Crippen LogP contribution in [0.1, 0.15) is 52.0 Å². The number of hydrogen-bond donors (Lipinski definition) is 1. The maximum atomic E-state index is 5.98. The van der Waals surface area contributed by atoms with Gasteiger partial charge in [0.25, 0.3) is 0 Å². The van der Waals surface area contributed by atoms with E-state index in [1.165, 1.54) is 31.2 Å². The van der Waals surface area contributed by atoms with Gasteiger partial charge in [-0.15, -0.1) is 0 Å². The number of ether oxygens (including phenoxy) is 1. The van der Waals surface area contributed by atoms with E-state index in [1.807, 2.05) is 0 Å². The maximum absolute atomic E-state index is 5.98. The molecule has 1 saturated carbocycles. The van der Waals surface area contributed by atoms with Gasteiger partial charge in [-0.25, -0.2) is 0 Å². The molecule has 0 heterocycles. The average Bonchev–Trinajstić information content (AvgIpc) is 2.83. The Balaban J connectivity index is 1.83. The molecule has 1 N–H and O–H groups in total. The van der Waals surface area contributed by atoms with Gasteiger partial charge in [-0.2, -0.15) is 0 Å². The lowest BCUT2D eigenvalue weighted by atomic mass is 10.1. The van der Waals surface area contributed by atoms with Gasteiger partial charge >= 0.3 is 0 Å². The molecular formula is C17H27NO. The molecule has 1 aliphatic rings. The van der Waals surface area contributed by atoms with E-state index >= 15 is 0 Å². The number of hydrogen-bond acceptors (Lipinski definition) is 2. The first-order valence-electron chi connectivity index (χ1n) is 7.65. The molecule has 0 spiro atoms. The fourth-order valence-electron chi connectivity index (χ4n) is 2.88. The van der Waals surface area contributed by atoms with Crippen LogP contribution < -0.4 is 10.1 Å². The Morgan fingerprint density at radius 3 is 2.32 bits per heavy atom. The third kappa shape index (κ3) is 4.87. The highest BCUT2D eigenvalue weighted by molar-refractivity contribution is 5.28. The van der Waals surface area contributed by atoms with Gasteiger partial charge in [0.15, 0.2) is 0 Å². The Bertz CT molecular complexity index is 365. The average molecular weight is 261 g/mol. The first kappa shape index (κ1) is 14.4. The summed E-state index contributed by atoms with van der Waals surface area (Å²) in [5.41, 5.74) is 1.37. The highest BCUT2D eigenvalue weighted by atomic mass is 16.5. The molecule has 1 aromatic carbocycles. The minimum Gasteiger partial charge on any atom is -0.490 e. The lowest BCUT2D eigenvalue weighted by Crippen LogP contribution is -2.33. The van der Waals surface area contributed by atoms with Gasteiger partial charge in [-0.1, -0.05) is 26.0 Å². The van der Waals surface area contributed by atoms with Crippen LogP contribution in [0, 0.1) is 0 Å². The topological polar surface area (TPSA) is 21.3 Å². The fourth-order valence-corrected chi connectivity index (χ4v) is 2.88. The highest BCUT2D eigenvalue weighted by Gasteiger charge is 2.16. The Morgan fingerprint density at radius 2 is 1.74 bits per heavy atom. The van der Waals surface area contributed by atoms with Crippen LogP contribution in [0.4, 0.5) is 0 Å². The van der Waals surface area contributed by atoms with Gasteiger partial charge in [0, 0.05) is 12.1 Å². The lowest BCUT2D eigenvalue weighted by molar-refractivity contribution is 0.210. The van der Waals surface area contributed by atoms with E-state index in [0.717, 1.165) is 12.2 Å². The molecule has 1 unspecified atom stereocenters. The zero-order valence-corrected chi connectivity index (χ0v) is 12.5. The van der Waals surface area contributed by atoms with Crippen molar-refractivity contribution in [2.45, 2.75) is 71.1 Å². The number of benzene rings is 1. The fraction of sp³-hybridized carbons (Fsp3) is 0.647. The van der Waals surface area contributed by atoms with Crippen LogP contribution in [0.5, 0.6) is 5.75 Å². The largest absolute Gasteiger partial charge is 0.490 e. The molecule has 106 valence electrons. The third-order valence-corrected chi connectivity index (χ3v) is 3.69. The molecule has 0 radical (unpaired) electrons. The van der Waals surface area contributed by atoms with Gasteiger partial charge in [0.1, 0.15) is 5.75 Å². The Morgan fingerprint density at radius 1 is 1.11 bits per heavy atom. The smallest absolute Gasteiger partial charge is 0.119 e. The molecule has 19 heavy (non-hydrogen) atoms.